The first-order valence-electron chi connectivity index (χ1n) is 9.81. The van der Waals surface area contributed by atoms with Gasteiger partial charge >= 0.3 is 0 Å². The Balaban J connectivity index is 1.83. The number of hydrogen-bond acceptors (Lipinski definition) is 3. The van der Waals surface area contributed by atoms with Crippen LogP contribution in [-0.4, -0.2) is 26.8 Å². The van der Waals surface area contributed by atoms with Gasteiger partial charge in [-0.15, -0.1) is 0 Å². The Morgan fingerprint density at radius 1 is 1.04 bits per heavy atom. The molecular weight excluding hydrogens is 413 g/mol. The zero-order valence-electron chi connectivity index (χ0n) is 16.1. The Kier molecular flexibility index (Phi) is 7.43. The van der Waals surface area contributed by atoms with Gasteiger partial charge in [0.1, 0.15) is 0 Å². The topological polar surface area (TPSA) is 46.2 Å². The van der Waals surface area contributed by atoms with E-state index in [9.17, 15) is 8.42 Å². The third-order valence-corrected chi connectivity index (χ3v) is 8.54. The van der Waals surface area contributed by atoms with Crippen molar-refractivity contribution in [1.82, 2.24) is 5.32 Å². The second-order valence-corrected chi connectivity index (χ2v) is 10.7. The van der Waals surface area contributed by atoms with E-state index in [0.29, 0.717) is 33.7 Å². The van der Waals surface area contributed by atoms with Crippen LogP contribution < -0.4 is 5.32 Å². The number of benzene rings is 2. The maximum Gasteiger partial charge on any atom is 0.181 e. The number of hydrogen-bond donors (Lipinski definition) is 1. The number of piperidine rings is 1. The molecule has 0 aliphatic carbocycles. The fourth-order valence-electron chi connectivity index (χ4n) is 3.81. The molecule has 1 aliphatic rings. The van der Waals surface area contributed by atoms with Crippen LogP contribution in [0.2, 0.25) is 10.0 Å². The zero-order valence-corrected chi connectivity index (χ0v) is 18.5. The lowest BCUT2D eigenvalue weighted by atomic mass is 9.91. The third kappa shape index (κ3) is 5.50. The van der Waals surface area contributed by atoms with Crippen molar-refractivity contribution < 1.29 is 8.42 Å². The summed E-state index contributed by atoms with van der Waals surface area (Å²) < 4.78 is 26.8. The Morgan fingerprint density at radius 3 is 2.36 bits per heavy atom. The minimum absolute atomic E-state index is 0.397. The van der Waals surface area contributed by atoms with Crippen LogP contribution in [0.5, 0.6) is 0 Å². The molecule has 0 radical (unpaired) electrons. The average molecular weight is 440 g/mol. The molecule has 6 heteroatoms. The monoisotopic (exact) mass is 439 g/mol. The van der Waals surface area contributed by atoms with Crippen LogP contribution in [0, 0.1) is 12.8 Å². The Hall–Kier alpha value is -1.07. The molecule has 152 valence electrons. The van der Waals surface area contributed by atoms with Crippen molar-refractivity contribution in [2.75, 3.05) is 13.1 Å². The molecule has 1 atom stereocenters. The van der Waals surface area contributed by atoms with Crippen molar-refractivity contribution >= 4 is 33.0 Å². The predicted octanol–water partition coefficient (Wildman–Crippen LogP) is 5.47. The Bertz CT molecular complexity index is 891. The number of rotatable bonds is 7. The second kappa shape index (κ2) is 9.62. The van der Waals surface area contributed by atoms with E-state index < -0.39 is 15.1 Å². The first kappa shape index (κ1) is 21.6. The van der Waals surface area contributed by atoms with Gasteiger partial charge in [0.2, 0.25) is 0 Å². The molecule has 0 amide bonds. The first-order chi connectivity index (χ1) is 13.4. The van der Waals surface area contributed by atoms with Crippen LogP contribution in [-0.2, 0) is 16.3 Å². The molecule has 28 heavy (non-hydrogen) atoms. The lowest BCUT2D eigenvalue weighted by Gasteiger charge is -2.25. The highest BCUT2D eigenvalue weighted by atomic mass is 35.5. The number of aryl methyl sites for hydroxylation is 1. The van der Waals surface area contributed by atoms with Crippen LogP contribution in [0.15, 0.2) is 47.4 Å². The van der Waals surface area contributed by atoms with Gasteiger partial charge in [0.15, 0.2) is 9.84 Å². The Labute approximate surface area is 178 Å². The summed E-state index contributed by atoms with van der Waals surface area (Å²) >= 11 is 12.2. The third-order valence-electron chi connectivity index (χ3n) is 5.59. The lowest BCUT2D eigenvalue weighted by Crippen LogP contribution is -2.30. The highest BCUT2D eigenvalue weighted by Crippen LogP contribution is 2.29. The highest BCUT2D eigenvalue weighted by molar-refractivity contribution is 7.92. The fraction of sp³-hybridized carbons (Fsp3) is 0.455. The van der Waals surface area contributed by atoms with Crippen molar-refractivity contribution in [2.45, 2.75) is 49.2 Å². The molecule has 1 heterocycles. The van der Waals surface area contributed by atoms with Gasteiger partial charge in [-0.25, -0.2) is 8.42 Å². The molecular formula is C22H27Cl2NO2S. The molecule has 3 nitrogen and oxygen atoms in total. The molecule has 2 aromatic carbocycles. The summed E-state index contributed by atoms with van der Waals surface area (Å²) in [5.41, 5.74) is 1.95. The van der Waals surface area contributed by atoms with Crippen LogP contribution in [0.4, 0.5) is 0 Å². The van der Waals surface area contributed by atoms with Crippen molar-refractivity contribution in [3.05, 3.63) is 63.6 Å². The summed E-state index contributed by atoms with van der Waals surface area (Å²) in [5.74, 6) is 0.589. The van der Waals surface area contributed by atoms with E-state index in [2.05, 4.69) is 5.32 Å². The molecule has 0 saturated carbocycles. The van der Waals surface area contributed by atoms with Gasteiger partial charge in [0.05, 0.1) is 20.2 Å². The molecule has 0 spiro atoms. The number of sulfone groups is 1. The summed E-state index contributed by atoms with van der Waals surface area (Å²) in [5, 5.41) is 3.85. The van der Waals surface area contributed by atoms with E-state index in [4.69, 9.17) is 23.2 Å². The largest absolute Gasteiger partial charge is 0.317 e. The van der Waals surface area contributed by atoms with Gasteiger partial charge in [-0.05, 0) is 87.9 Å². The van der Waals surface area contributed by atoms with E-state index in [0.717, 1.165) is 43.5 Å². The maximum absolute atomic E-state index is 13.4. The SMILES string of the molecule is Cc1ccc(S(=O)(=O)C(CCC2CCNCC2)Cc2ccc(Cl)c(Cl)c2)cc1. The summed E-state index contributed by atoms with van der Waals surface area (Å²) in [7, 11) is -3.43. The molecule has 2 aromatic rings. The molecule has 3 rings (SSSR count). The van der Waals surface area contributed by atoms with Gasteiger partial charge < -0.3 is 5.32 Å². The van der Waals surface area contributed by atoms with Crippen molar-refractivity contribution in [3.63, 3.8) is 0 Å². The number of halogens is 2. The normalized spacial score (nSPS) is 16.8. The van der Waals surface area contributed by atoms with Crippen LogP contribution in [0.1, 0.15) is 36.8 Å². The van der Waals surface area contributed by atoms with Gasteiger partial charge in [0, 0.05) is 0 Å². The van der Waals surface area contributed by atoms with Crippen molar-refractivity contribution in [2.24, 2.45) is 5.92 Å². The van der Waals surface area contributed by atoms with Gasteiger partial charge in [-0.2, -0.15) is 0 Å². The van der Waals surface area contributed by atoms with Gasteiger partial charge in [0.25, 0.3) is 0 Å². The minimum Gasteiger partial charge on any atom is -0.317 e. The highest BCUT2D eigenvalue weighted by Gasteiger charge is 2.29. The van der Waals surface area contributed by atoms with E-state index in [1.807, 2.05) is 25.1 Å². The van der Waals surface area contributed by atoms with Crippen molar-refractivity contribution in [1.29, 1.82) is 0 Å². The summed E-state index contributed by atoms with van der Waals surface area (Å²) in [6, 6.07) is 12.5. The van der Waals surface area contributed by atoms with E-state index >= 15 is 0 Å². The minimum atomic E-state index is -3.43. The van der Waals surface area contributed by atoms with E-state index in [-0.39, 0.29) is 0 Å². The molecule has 1 fully saturated rings. The quantitative estimate of drug-likeness (QED) is 0.621. The van der Waals surface area contributed by atoms with E-state index in [1.54, 1.807) is 24.3 Å². The lowest BCUT2D eigenvalue weighted by molar-refractivity contribution is 0.344. The maximum atomic E-state index is 13.4. The standard InChI is InChI=1S/C22H27Cl2NO2S/c1-16-2-6-19(7-3-16)28(26,27)20(8-4-17-10-12-25-13-11-17)14-18-5-9-21(23)22(24)15-18/h2-3,5-7,9,15,17,20,25H,4,8,10-14H2,1H3. The average Bonchev–Trinajstić information content (AvgIpc) is 2.69. The predicted molar refractivity (Wildman–Crippen MR) is 117 cm³/mol. The smallest absolute Gasteiger partial charge is 0.181 e. The van der Waals surface area contributed by atoms with Crippen molar-refractivity contribution in [3.8, 4) is 0 Å². The molecule has 1 aliphatic heterocycles. The molecule has 0 aromatic heterocycles. The second-order valence-electron chi connectivity index (χ2n) is 7.70. The molecule has 1 unspecified atom stereocenters. The molecule has 1 saturated heterocycles. The van der Waals surface area contributed by atoms with Crippen LogP contribution in [0.25, 0.3) is 0 Å². The van der Waals surface area contributed by atoms with Gasteiger partial charge in [-0.1, -0.05) is 47.0 Å². The molecule has 1 N–H and O–H groups in total. The van der Waals surface area contributed by atoms with Crippen LogP contribution >= 0.6 is 23.2 Å². The summed E-state index contributed by atoms with van der Waals surface area (Å²) in [6.07, 6.45) is 4.26. The van der Waals surface area contributed by atoms with Gasteiger partial charge in [-0.3, -0.25) is 0 Å². The first-order valence-corrected chi connectivity index (χ1v) is 12.1. The molecule has 0 bridgehead atoms. The Morgan fingerprint density at radius 2 is 1.71 bits per heavy atom. The zero-order chi connectivity index (χ0) is 20.1. The van der Waals surface area contributed by atoms with Crippen LogP contribution in [0.3, 0.4) is 0 Å². The summed E-state index contributed by atoms with van der Waals surface area (Å²) in [6.45, 7) is 4.00. The number of nitrogens with one attached hydrogen (secondary N) is 1. The van der Waals surface area contributed by atoms with E-state index in [1.165, 1.54) is 0 Å². The summed E-state index contributed by atoms with van der Waals surface area (Å²) in [4.78, 5) is 0.397. The fourth-order valence-corrected chi connectivity index (χ4v) is 5.89.